The molecule has 0 aromatic heterocycles. The quantitative estimate of drug-likeness (QED) is 0.431. The molecule has 1 aliphatic rings. The molecule has 0 aromatic carbocycles. The minimum absolute atomic E-state index is 0.567. The Morgan fingerprint density at radius 1 is 1.60 bits per heavy atom. The van der Waals surface area contributed by atoms with Crippen LogP contribution >= 0.6 is 11.6 Å². The van der Waals surface area contributed by atoms with Gasteiger partial charge in [-0.05, 0) is 12.2 Å². The smallest absolute Gasteiger partial charge is 0.412 e. The molecule has 1 rings (SSSR count). The highest BCUT2D eigenvalue weighted by Crippen LogP contribution is 2.11. The summed E-state index contributed by atoms with van der Waals surface area (Å²) in [7, 11) is 0. The summed E-state index contributed by atoms with van der Waals surface area (Å²) >= 11 is 5.58. The number of hydrogen-bond donors (Lipinski definition) is 1. The van der Waals surface area contributed by atoms with Gasteiger partial charge < -0.3 is 5.11 Å². The lowest BCUT2D eigenvalue weighted by atomic mass is 10.4. The van der Waals surface area contributed by atoms with Crippen molar-refractivity contribution in [2.45, 2.75) is 5.50 Å². The number of allylic oxidation sites excluding steroid dienone is 2. The van der Waals surface area contributed by atoms with Gasteiger partial charge in [-0.15, -0.1) is 0 Å². The predicted octanol–water partition coefficient (Wildman–Crippen LogP) is 1.61. The van der Waals surface area contributed by atoms with Gasteiger partial charge in [-0.3, -0.25) is 4.90 Å². The number of carbonyl (C=O) groups is 1. The summed E-state index contributed by atoms with van der Waals surface area (Å²) in [4.78, 5) is 11.3. The first-order valence-electron chi connectivity index (χ1n) is 2.72. The van der Waals surface area contributed by atoms with E-state index in [0.29, 0.717) is 0 Å². The van der Waals surface area contributed by atoms with Gasteiger partial charge in [0.25, 0.3) is 0 Å². The molecule has 1 atom stereocenters. The van der Waals surface area contributed by atoms with Crippen molar-refractivity contribution in [3.05, 3.63) is 24.4 Å². The summed E-state index contributed by atoms with van der Waals surface area (Å²) in [6.07, 6.45) is 5.29. The number of halogens is 1. The van der Waals surface area contributed by atoms with Crippen LogP contribution in [0.3, 0.4) is 0 Å². The van der Waals surface area contributed by atoms with Crippen LogP contribution in [0.5, 0.6) is 0 Å². The van der Waals surface area contributed by atoms with Gasteiger partial charge in [0.05, 0.1) is 0 Å². The zero-order chi connectivity index (χ0) is 7.56. The number of amides is 1. The van der Waals surface area contributed by atoms with Crippen LogP contribution in [0.15, 0.2) is 24.4 Å². The third kappa shape index (κ3) is 1.30. The van der Waals surface area contributed by atoms with Crippen LogP contribution in [0, 0.1) is 0 Å². The maximum Gasteiger partial charge on any atom is 0.412 e. The number of alkyl halides is 1. The fourth-order valence-electron chi connectivity index (χ4n) is 0.642. The van der Waals surface area contributed by atoms with E-state index in [9.17, 15) is 4.79 Å². The summed E-state index contributed by atoms with van der Waals surface area (Å²) < 4.78 is 0. The molecule has 0 spiro atoms. The van der Waals surface area contributed by atoms with E-state index in [2.05, 4.69) is 0 Å². The lowest BCUT2D eigenvalue weighted by Crippen LogP contribution is -2.30. The molecule has 4 heteroatoms. The SMILES string of the molecule is O=C(O)N1C=CC=C[C@@H]1Cl. The molecule has 1 N–H and O–H groups in total. The van der Waals surface area contributed by atoms with Crippen molar-refractivity contribution >= 4 is 17.7 Å². The largest absolute Gasteiger partial charge is 0.465 e. The second-order valence-electron chi connectivity index (χ2n) is 1.79. The van der Waals surface area contributed by atoms with Gasteiger partial charge in [0.1, 0.15) is 5.50 Å². The third-order valence-corrected chi connectivity index (χ3v) is 1.47. The molecule has 0 saturated carbocycles. The molecular formula is C6H6ClNO2. The molecule has 0 saturated heterocycles. The Balaban J connectivity index is 2.70. The lowest BCUT2D eigenvalue weighted by molar-refractivity contribution is 0.163. The minimum atomic E-state index is -1.04. The second-order valence-corrected chi connectivity index (χ2v) is 2.24. The molecule has 3 nitrogen and oxygen atoms in total. The molecule has 10 heavy (non-hydrogen) atoms. The number of hydrogen-bond acceptors (Lipinski definition) is 1. The predicted molar refractivity (Wildman–Crippen MR) is 37.8 cm³/mol. The van der Waals surface area contributed by atoms with Crippen molar-refractivity contribution in [1.82, 2.24) is 4.90 Å². The minimum Gasteiger partial charge on any atom is -0.465 e. The Bertz CT molecular complexity index is 200. The van der Waals surface area contributed by atoms with Gasteiger partial charge in [0.15, 0.2) is 0 Å². The molecule has 1 heterocycles. The van der Waals surface area contributed by atoms with E-state index < -0.39 is 11.6 Å². The van der Waals surface area contributed by atoms with Crippen LogP contribution < -0.4 is 0 Å². The lowest BCUT2D eigenvalue weighted by Gasteiger charge is -2.19. The Kier molecular flexibility index (Phi) is 1.97. The summed E-state index contributed by atoms with van der Waals surface area (Å²) in [5.41, 5.74) is -0.567. The molecule has 1 aliphatic heterocycles. The first-order chi connectivity index (χ1) is 4.72. The van der Waals surface area contributed by atoms with Crippen LogP contribution in [0.1, 0.15) is 0 Å². The summed E-state index contributed by atoms with van der Waals surface area (Å²) in [5, 5.41) is 8.46. The maximum atomic E-state index is 10.3. The molecule has 54 valence electrons. The van der Waals surface area contributed by atoms with Crippen molar-refractivity contribution in [3.8, 4) is 0 Å². The Morgan fingerprint density at radius 2 is 2.30 bits per heavy atom. The standard InChI is InChI=1S/C6H6ClNO2/c7-5-3-1-2-4-8(5)6(9)10/h1-5H,(H,9,10)/t5-/m1/s1. The summed E-state index contributed by atoms with van der Waals surface area (Å²) in [6.45, 7) is 0. The van der Waals surface area contributed by atoms with Gasteiger partial charge in [-0.25, -0.2) is 4.79 Å². The van der Waals surface area contributed by atoms with E-state index in [1.807, 2.05) is 0 Å². The highest BCUT2D eigenvalue weighted by atomic mass is 35.5. The average Bonchev–Trinajstić information content (AvgIpc) is 1.88. The van der Waals surface area contributed by atoms with E-state index in [0.717, 1.165) is 4.90 Å². The average molecular weight is 160 g/mol. The number of carboxylic acid groups (broad SMARTS) is 1. The van der Waals surface area contributed by atoms with Gasteiger partial charge in [0, 0.05) is 6.20 Å². The molecular weight excluding hydrogens is 154 g/mol. The highest BCUT2D eigenvalue weighted by Gasteiger charge is 2.16. The van der Waals surface area contributed by atoms with Gasteiger partial charge in [0.2, 0.25) is 0 Å². The molecule has 0 aromatic rings. The summed E-state index contributed by atoms with van der Waals surface area (Å²) in [5.74, 6) is 0. The van der Waals surface area contributed by atoms with Crippen LogP contribution in [-0.4, -0.2) is 21.6 Å². The van der Waals surface area contributed by atoms with E-state index >= 15 is 0 Å². The molecule has 0 aliphatic carbocycles. The number of rotatable bonds is 0. The van der Waals surface area contributed by atoms with Crippen molar-refractivity contribution in [2.75, 3.05) is 0 Å². The Hall–Kier alpha value is -0.960. The molecule has 0 unspecified atom stereocenters. The highest BCUT2D eigenvalue weighted by molar-refractivity contribution is 6.22. The third-order valence-electron chi connectivity index (χ3n) is 1.11. The van der Waals surface area contributed by atoms with E-state index in [1.54, 1.807) is 18.2 Å². The van der Waals surface area contributed by atoms with E-state index in [-0.39, 0.29) is 0 Å². The topological polar surface area (TPSA) is 40.5 Å². The van der Waals surface area contributed by atoms with Gasteiger partial charge >= 0.3 is 6.09 Å². The molecule has 0 fully saturated rings. The van der Waals surface area contributed by atoms with E-state index in [1.165, 1.54) is 6.20 Å². The molecule has 0 radical (unpaired) electrons. The van der Waals surface area contributed by atoms with Crippen molar-refractivity contribution in [2.24, 2.45) is 0 Å². The van der Waals surface area contributed by atoms with Gasteiger partial charge in [-0.2, -0.15) is 0 Å². The number of nitrogens with zero attached hydrogens (tertiary/aromatic N) is 1. The first-order valence-corrected chi connectivity index (χ1v) is 3.16. The van der Waals surface area contributed by atoms with E-state index in [4.69, 9.17) is 16.7 Å². The fourth-order valence-corrected chi connectivity index (χ4v) is 0.875. The summed E-state index contributed by atoms with van der Waals surface area (Å²) in [6, 6.07) is 0. The Labute approximate surface area is 63.2 Å². The fraction of sp³-hybridized carbons (Fsp3) is 0.167. The van der Waals surface area contributed by atoms with Crippen LogP contribution in [0.25, 0.3) is 0 Å². The zero-order valence-electron chi connectivity index (χ0n) is 5.07. The van der Waals surface area contributed by atoms with Crippen molar-refractivity contribution in [1.29, 1.82) is 0 Å². The maximum absolute atomic E-state index is 10.3. The van der Waals surface area contributed by atoms with Crippen LogP contribution in [-0.2, 0) is 0 Å². The van der Waals surface area contributed by atoms with Gasteiger partial charge in [-0.1, -0.05) is 17.7 Å². The first kappa shape index (κ1) is 7.15. The zero-order valence-corrected chi connectivity index (χ0v) is 5.82. The molecule has 0 bridgehead atoms. The normalized spacial score (nSPS) is 23.3. The van der Waals surface area contributed by atoms with Crippen LogP contribution in [0.4, 0.5) is 4.79 Å². The second kappa shape index (κ2) is 2.75. The van der Waals surface area contributed by atoms with Crippen molar-refractivity contribution in [3.63, 3.8) is 0 Å². The molecule has 1 amide bonds. The monoisotopic (exact) mass is 159 g/mol. The van der Waals surface area contributed by atoms with Crippen molar-refractivity contribution < 1.29 is 9.90 Å². The Morgan fingerprint density at radius 3 is 2.70 bits per heavy atom. The van der Waals surface area contributed by atoms with Crippen LogP contribution in [0.2, 0.25) is 0 Å².